The highest BCUT2D eigenvalue weighted by molar-refractivity contribution is 6.07. The molecule has 1 saturated heterocycles. The van der Waals surface area contributed by atoms with E-state index in [0.717, 1.165) is 60.6 Å². The van der Waals surface area contributed by atoms with Crippen molar-refractivity contribution in [3.63, 3.8) is 0 Å². The topological polar surface area (TPSA) is 80.7 Å². The Morgan fingerprint density at radius 2 is 1.69 bits per heavy atom. The number of ether oxygens (including phenoxy) is 2. The van der Waals surface area contributed by atoms with Gasteiger partial charge < -0.3 is 14.8 Å². The zero-order valence-electron chi connectivity index (χ0n) is 23.2. The Balaban J connectivity index is 1.32. The minimum absolute atomic E-state index is 0.210. The zero-order chi connectivity index (χ0) is 27.4. The van der Waals surface area contributed by atoms with E-state index in [1.807, 2.05) is 59.4 Å². The lowest BCUT2D eigenvalue weighted by Gasteiger charge is -2.26. The van der Waals surface area contributed by atoms with Crippen molar-refractivity contribution in [1.29, 1.82) is 0 Å². The SMILES string of the molecule is Cc1ccc(-n2cc(C(C)(C)C)c(NC(=O)Nc3ccc(OCCN4CCOCC4)c4ccccc34)n2)cc1. The molecule has 4 aromatic rings. The standard InChI is InChI=1S/C31H37N5O3/c1-22-9-11-23(12-10-22)36-21-26(31(2,3)4)29(34-36)33-30(37)32-27-13-14-28(25-8-6-5-7-24(25)27)39-20-17-35-15-18-38-19-16-35/h5-14,21H,15-20H2,1-4H3,(H2,32,33,34,37). The molecule has 0 radical (unpaired) electrons. The summed E-state index contributed by atoms with van der Waals surface area (Å²) in [7, 11) is 0. The third kappa shape index (κ3) is 6.41. The van der Waals surface area contributed by atoms with Crippen LogP contribution in [0.1, 0.15) is 31.9 Å². The quantitative estimate of drug-likeness (QED) is 0.309. The van der Waals surface area contributed by atoms with Gasteiger partial charge in [-0.2, -0.15) is 0 Å². The number of morpholine rings is 1. The molecule has 2 heterocycles. The van der Waals surface area contributed by atoms with Crippen LogP contribution in [0.15, 0.2) is 66.9 Å². The minimum Gasteiger partial charge on any atom is -0.492 e. The lowest BCUT2D eigenvalue weighted by Crippen LogP contribution is -2.38. The molecule has 5 rings (SSSR count). The number of aromatic nitrogens is 2. The van der Waals surface area contributed by atoms with E-state index in [0.29, 0.717) is 18.1 Å². The highest BCUT2D eigenvalue weighted by Crippen LogP contribution is 2.33. The second-order valence-corrected chi connectivity index (χ2v) is 11.0. The number of hydrogen-bond acceptors (Lipinski definition) is 5. The molecular formula is C31H37N5O3. The van der Waals surface area contributed by atoms with Crippen molar-refractivity contribution in [3.8, 4) is 11.4 Å². The van der Waals surface area contributed by atoms with Crippen LogP contribution >= 0.6 is 0 Å². The van der Waals surface area contributed by atoms with Gasteiger partial charge in [-0.05, 0) is 36.6 Å². The Morgan fingerprint density at radius 3 is 2.41 bits per heavy atom. The van der Waals surface area contributed by atoms with Gasteiger partial charge in [0.1, 0.15) is 12.4 Å². The summed E-state index contributed by atoms with van der Waals surface area (Å²) in [6.45, 7) is 13.2. The number of urea groups is 1. The zero-order valence-corrected chi connectivity index (χ0v) is 23.2. The van der Waals surface area contributed by atoms with E-state index in [1.165, 1.54) is 5.56 Å². The number of carbonyl (C=O) groups excluding carboxylic acids is 1. The number of benzene rings is 3. The Bertz CT molecular complexity index is 1430. The summed E-state index contributed by atoms with van der Waals surface area (Å²) in [6.07, 6.45) is 1.98. The maximum atomic E-state index is 13.2. The van der Waals surface area contributed by atoms with Crippen LogP contribution in [0.2, 0.25) is 0 Å². The van der Waals surface area contributed by atoms with Crippen LogP contribution in [-0.2, 0) is 10.2 Å². The second kappa shape index (κ2) is 11.5. The summed E-state index contributed by atoms with van der Waals surface area (Å²) < 4.78 is 13.4. The van der Waals surface area contributed by atoms with Gasteiger partial charge in [-0.3, -0.25) is 10.2 Å². The van der Waals surface area contributed by atoms with Gasteiger partial charge in [0.25, 0.3) is 0 Å². The van der Waals surface area contributed by atoms with Gasteiger partial charge in [-0.15, -0.1) is 5.10 Å². The van der Waals surface area contributed by atoms with E-state index >= 15 is 0 Å². The molecule has 0 saturated carbocycles. The summed E-state index contributed by atoms with van der Waals surface area (Å²) in [5.41, 5.74) is 3.57. The van der Waals surface area contributed by atoms with Gasteiger partial charge >= 0.3 is 6.03 Å². The van der Waals surface area contributed by atoms with E-state index in [9.17, 15) is 4.79 Å². The molecule has 1 fully saturated rings. The van der Waals surface area contributed by atoms with Crippen LogP contribution in [-0.4, -0.2) is 60.2 Å². The number of anilines is 2. The molecular weight excluding hydrogens is 490 g/mol. The first kappa shape index (κ1) is 26.7. The summed E-state index contributed by atoms with van der Waals surface area (Å²) in [5.74, 6) is 1.34. The van der Waals surface area contributed by atoms with Crippen LogP contribution < -0.4 is 15.4 Å². The minimum atomic E-state index is -0.346. The summed E-state index contributed by atoms with van der Waals surface area (Å²) in [5, 5.41) is 12.6. The lowest BCUT2D eigenvalue weighted by molar-refractivity contribution is 0.0323. The fourth-order valence-electron chi connectivity index (χ4n) is 4.72. The maximum Gasteiger partial charge on any atom is 0.324 e. The molecule has 0 atom stereocenters. The molecule has 39 heavy (non-hydrogen) atoms. The fraction of sp³-hybridized carbons (Fsp3) is 0.355. The molecule has 8 nitrogen and oxygen atoms in total. The predicted octanol–water partition coefficient (Wildman–Crippen LogP) is 5.99. The molecule has 0 bridgehead atoms. The monoisotopic (exact) mass is 527 g/mol. The molecule has 0 spiro atoms. The fourth-order valence-corrected chi connectivity index (χ4v) is 4.72. The van der Waals surface area contributed by atoms with Crippen LogP contribution in [0.25, 0.3) is 16.5 Å². The van der Waals surface area contributed by atoms with Crippen molar-refractivity contribution in [3.05, 3.63) is 78.0 Å². The highest BCUT2D eigenvalue weighted by atomic mass is 16.5. The molecule has 0 aliphatic carbocycles. The number of hydrogen-bond donors (Lipinski definition) is 2. The smallest absolute Gasteiger partial charge is 0.324 e. The molecule has 0 unspecified atom stereocenters. The van der Waals surface area contributed by atoms with Crippen molar-refractivity contribution in [2.75, 3.05) is 50.1 Å². The number of nitrogens with one attached hydrogen (secondary N) is 2. The first-order chi connectivity index (χ1) is 18.8. The normalized spacial score (nSPS) is 14.4. The van der Waals surface area contributed by atoms with Crippen molar-refractivity contribution < 1.29 is 14.3 Å². The number of amides is 2. The van der Waals surface area contributed by atoms with Crippen LogP contribution in [0, 0.1) is 6.92 Å². The molecule has 1 aromatic heterocycles. The molecule has 8 heteroatoms. The lowest BCUT2D eigenvalue weighted by atomic mass is 9.89. The average Bonchev–Trinajstić information content (AvgIpc) is 3.35. The number of fused-ring (bicyclic) bond motifs is 1. The van der Waals surface area contributed by atoms with Gasteiger partial charge in [-0.25, -0.2) is 9.48 Å². The van der Waals surface area contributed by atoms with E-state index in [1.54, 1.807) is 0 Å². The average molecular weight is 528 g/mol. The van der Waals surface area contributed by atoms with Crippen molar-refractivity contribution in [2.24, 2.45) is 0 Å². The van der Waals surface area contributed by atoms with Crippen molar-refractivity contribution in [1.82, 2.24) is 14.7 Å². The maximum absolute atomic E-state index is 13.2. The largest absolute Gasteiger partial charge is 0.492 e. The Labute approximate surface area is 229 Å². The second-order valence-electron chi connectivity index (χ2n) is 11.0. The number of carbonyl (C=O) groups is 1. The van der Waals surface area contributed by atoms with Crippen molar-refractivity contribution >= 4 is 28.3 Å². The molecule has 1 aliphatic heterocycles. The first-order valence-electron chi connectivity index (χ1n) is 13.5. The number of aryl methyl sites for hydroxylation is 1. The summed E-state index contributed by atoms with van der Waals surface area (Å²) in [4.78, 5) is 15.6. The Morgan fingerprint density at radius 1 is 0.974 bits per heavy atom. The Hall–Kier alpha value is -3.88. The van der Waals surface area contributed by atoms with E-state index in [4.69, 9.17) is 14.6 Å². The number of rotatable bonds is 7. The van der Waals surface area contributed by atoms with Crippen LogP contribution in [0.4, 0.5) is 16.3 Å². The molecule has 3 aromatic carbocycles. The van der Waals surface area contributed by atoms with Crippen LogP contribution in [0.3, 0.4) is 0 Å². The van der Waals surface area contributed by atoms with E-state index < -0.39 is 0 Å². The van der Waals surface area contributed by atoms with Crippen molar-refractivity contribution in [2.45, 2.75) is 33.1 Å². The van der Waals surface area contributed by atoms with E-state index in [2.05, 4.69) is 55.4 Å². The summed E-state index contributed by atoms with van der Waals surface area (Å²) in [6, 6.07) is 19.6. The Kier molecular flexibility index (Phi) is 7.86. The van der Waals surface area contributed by atoms with Gasteiger partial charge in [0.05, 0.1) is 24.6 Å². The molecule has 1 aliphatic rings. The number of nitrogens with zero attached hydrogens (tertiary/aromatic N) is 3. The third-order valence-electron chi connectivity index (χ3n) is 6.95. The van der Waals surface area contributed by atoms with Gasteiger partial charge in [-0.1, -0.05) is 62.7 Å². The van der Waals surface area contributed by atoms with Gasteiger partial charge in [0.15, 0.2) is 5.82 Å². The first-order valence-corrected chi connectivity index (χ1v) is 13.5. The highest BCUT2D eigenvalue weighted by Gasteiger charge is 2.24. The van der Waals surface area contributed by atoms with Crippen LogP contribution in [0.5, 0.6) is 5.75 Å². The van der Waals surface area contributed by atoms with E-state index in [-0.39, 0.29) is 11.4 Å². The predicted molar refractivity (Wildman–Crippen MR) is 156 cm³/mol. The summed E-state index contributed by atoms with van der Waals surface area (Å²) >= 11 is 0. The van der Waals surface area contributed by atoms with Gasteiger partial charge in [0, 0.05) is 42.2 Å². The third-order valence-corrected chi connectivity index (χ3v) is 6.95. The molecule has 2 amide bonds. The molecule has 2 N–H and O–H groups in total. The van der Waals surface area contributed by atoms with Gasteiger partial charge in [0.2, 0.25) is 0 Å². The molecule has 204 valence electrons.